The minimum Gasteiger partial charge on any atom is -0.395 e. The zero-order valence-electron chi connectivity index (χ0n) is 10.7. The summed E-state index contributed by atoms with van der Waals surface area (Å²) < 4.78 is 5.98. The van der Waals surface area contributed by atoms with Crippen molar-refractivity contribution in [3.05, 3.63) is 34.3 Å². The van der Waals surface area contributed by atoms with Crippen molar-refractivity contribution in [2.45, 2.75) is 24.7 Å². The van der Waals surface area contributed by atoms with E-state index < -0.39 is 5.41 Å². The van der Waals surface area contributed by atoms with Crippen LogP contribution in [0.1, 0.15) is 24.8 Å². The molecule has 3 nitrogen and oxygen atoms in total. The Morgan fingerprint density at radius 2 is 1.94 bits per heavy atom. The molecule has 0 saturated heterocycles. The van der Waals surface area contributed by atoms with Crippen LogP contribution in [-0.4, -0.2) is 37.1 Å². The van der Waals surface area contributed by atoms with Gasteiger partial charge in [-0.3, -0.25) is 0 Å². The van der Waals surface area contributed by atoms with Crippen LogP contribution in [0.2, 0.25) is 0 Å². The molecule has 4 heteroatoms. The second-order valence-corrected chi connectivity index (χ2v) is 5.47. The van der Waals surface area contributed by atoms with E-state index in [1.54, 1.807) is 7.11 Å². The first-order valence-electron chi connectivity index (χ1n) is 6.15. The number of benzene rings is 1. The molecule has 1 rings (SSSR count). The Morgan fingerprint density at radius 1 is 1.22 bits per heavy atom. The molecule has 1 aromatic rings. The van der Waals surface area contributed by atoms with Crippen LogP contribution >= 0.6 is 15.9 Å². The molecule has 18 heavy (non-hydrogen) atoms. The highest BCUT2D eigenvalue weighted by atomic mass is 79.9. The molecule has 0 fully saturated rings. The third-order valence-electron chi connectivity index (χ3n) is 3.30. The summed E-state index contributed by atoms with van der Waals surface area (Å²) in [7, 11) is 1.68. The Kier molecular flexibility index (Phi) is 6.86. The average Bonchev–Trinajstić information content (AvgIpc) is 2.40. The molecule has 1 aromatic carbocycles. The molecular formula is C14H21BrO3. The van der Waals surface area contributed by atoms with Crippen molar-refractivity contribution < 1.29 is 14.9 Å². The molecule has 0 amide bonds. The number of methoxy groups -OCH3 is 1. The van der Waals surface area contributed by atoms with Crippen molar-refractivity contribution in [1.82, 2.24) is 0 Å². The van der Waals surface area contributed by atoms with E-state index in [0.29, 0.717) is 6.61 Å². The number of rotatable bonds is 8. The van der Waals surface area contributed by atoms with Crippen LogP contribution in [0.3, 0.4) is 0 Å². The first kappa shape index (κ1) is 15.6. The number of hydrogen-bond donors (Lipinski definition) is 2. The summed E-state index contributed by atoms with van der Waals surface area (Å²) in [5, 5.41) is 19.3. The number of ether oxygens (including phenoxy) is 1. The number of unbranched alkanes of at least 4 members (excludes halogenated alkanes) is 1. The zero-order chi connectivity index (χ0) is 13.4. The fourth-order valence-electron chi connectivity index (χ4n) is 2.06. The summed E-state index contributed by atoms with van der Waals surface area (Å²) >= 11 is 3.42. The lowest BCUT2D eigenvalue weighted by molar-refractivity contribution is 0.103. The quantitative estimate of drug-likeness (QED) is 0.724. The maximum Gasteiger partial charge on any atom is 0.0550 e. The van der Waals surface area contributed by atoms with Crippen LogP contribution in [0, 0.1) is 0 Å². The molecule has 0 aliphatic carbocycles. The largest absolute Gasteiger partial charge is 0.395 e. The van der Waals surface area contributed by atoms with Gasteiger partial charge in [0.15, 0.2) is 0 Å². The fourth-order valence-corrected chi connectivity index (χ4v) is 2.46. The maximum absolute atomic E-state index is 9.67. The van der Waals surface area contributed by atoms with Crippen LogP contribution in [0.25, 0.3) is 0 Å². The smallest absolute Gasteiger partial charge is 0.0550 e. The Labute approximate surface area is 117 Å². The van der Waals surface area contributed by atoms with Gasteiger partial charge in [-0.15, -0.1) is 0 Å². The molecule has 0 aliphatic rings. The summed E-state index contributed by atoms with van der Waals surface area (Å²) in [5.74, 6) is 0. The van der Waals surface area contributed by atoms with Crippen LogP contribution in [-0.2, 0) is 10.2 Å². The van der Waals surface area contributed by atoms with E-state index in [2.05, 4.69) is 15.9 Å². The van der Waals surface area contributed by atoms with Gasteiger partial charge in [-0.1, -0.05) is 34.5 Å². The molecule has 0 bridgehead atoms. The Bertz CT molecular complexity index is 351. The summed E-state index contributed by atoms with van der Waals surface area (Å²) in [6.45, 7) is 0.616. The second kappa shape index (κ2) is 7.89. The normalized spacial score (nSPS) is 11.8. The molecule has 0 saturated carbocycles. The van der Waals surface area contributed by atoms with E-state index in [9.17, 15) is 10.2 Å². The van der Waals surface area contributed by atoms with Gasteiger partial charge in [0.2, 0.25) is 0 Å². The van der Waals surface area contributed by atoms with E-state index in [4.69, 9.17) is 4.74 Å². The number of aliphatic hydroxyl groups is 2. The third kappa shape index (κ3) is 4.05. The molecular weight excluding hydrogens is 296 g/mol. The Balaban J connectivity index is 2.79. The predicted molar refractivity (Wildman–Crippen MR) is 75.7 cm³/mol. The number of hydrogen-bond acceptors (Lipinski definition) is 3. The highest BCUT2D eigenvalue weighted by Gasteiger charge is 2.30. The van der Waals surface area contributed by atoms with Crippen LogP contribution in [0.5, 0.6) is 0 Å². The first-order chi connectivity index (χ1) is 8.68. The van der Waals surface area contributed by atoms with Crippen molar-refractivity contribution in [3.8, 4) is 0 Å². The molecule has 0 atom stereocenters. The lowest BCUT2D eigenvalue weighted by Crippen LogP contribution is -2.35. The van der Waals surface area contributed by atoms with E-state index in [1.807, 2.05) is 24.3 Å². The topological polar surface area (TPSA) is 49.7 Å². The standard InChI is InChI=1S/C14H21BrO3/c1-18-8-3-2-7-14(10-16,11-17)12-5-4-6-13(15)9-12/h4-6,9,16-17H,2-3,7-8,10-11H2,1H3. The SMILES string of the molecule is COCCCCC(CO)(CO)c1cccc(Br)c1. The van der Waals surface area contributed by atoms with Crippen LogP contribution < -0.4 is 0 Å². The minimum absolute atomic E-state index is 0.0487. The fraction of sp³-hybridized carbons (Fsp3) is 0.571. The molecule has 0 aliphatic heterocycles. The first-order valence-corrected chi connectivity index (χ1v) is 6.94. The minimum atomic E-state index is -0.558. The predicted octanol–water partition coefficient (Wildman–Crippen LogP) is 2.49. The van der Waals surface area contributed by atoms with E-state index in [1.165, 1.54) is 0 Å². The van der Waals surface area contributed by atoms with Crippen LogP contribution in [0.4, 0.5) is 0 Å². The highest BCUT2D eigenvalue weighted by Crippen LogP contribution is 2.31. The summed E-state index contributed by atoms with van der Waals surface area (Å²) in [6, 6.07) is 7.78. The van der Waals surface area contributed by atoms with E-state index in [0.717, 1.165) is 29.3 Å². The van der Waals surface area contributed by atoms with Gasteiger partial charge >= 0.3 is 0 Å². The maximum atomic E-state index is 9.67. The van der Waals surface area contributed by atoms with Crippen molar-refractivity contribution in [2.75, 3.05) is 26.9 Å². The van der Waals surface area contributed by atoms with E-state index >= 15 is 0 Å². The zero-order valence-corrected chi connectivity index (χ0v) is 12.3. The van der Waals surface area contributed by atoms with Gasteiger partial charge < -0.3 is 14.9 Å². The van der Waals surface area contributed by atoms with E-state index in [-0.39, 0.29) is 13.2 Å². The van der Waals surface area contributed by atoms with Gasteiger partial charge in [-0.2, -0.15) is 0 Å². The van der Waals surface area contributed by atoms with Crippen molar-refractivity contribution in [3.63, 3.8) is 0 Å². The van der Waals surface area contributed by atoms with Crippen molar-refractivity contribution >= 4 is 15.9 Å². The van der Waals surface area contributed by atoms with Gasteiger partial charge in [0.25, 0.3) is 0 Å². The molecule has 0 heterocycles. The molecule has 0 unspecified atom stereocenters. The van der Waals surface area contributed by atoms with Gasteiger partial charge in [0, 0.05) is 23.6 Å². The van der Waals surface area contributed by atoms with Crippen molar-refractivity contribution in [2.24, 2.45) is 0 Å². The molecule has 0 spiro atoms. The molecule has 0 aromatic heterocycles. The number of aliphatic hydroxyl groups excluding tert-OH is 2. The van der Waals surface area contributed by atoms with Gasteiger partial charge in [-0.05, 0) is 30.5 Å². The van der Waals surface area contributed by atoms with Gasteiger partial charge in [-0.25, -0.2) is 0 Å². The van der Waals surface area contributed by atoms with Gasteiger partial charge in [0.05, 0.1) is 13.2 Å². The van der Waals surface area contributed by atoms with Crippen molar-refractivity contribution in [1.29, 1.82) is 0 Å². The molecule has 2 N–H and O–H groups in total. The average molecular weight is 317 g/mol. The summed E-state index contributed by atoms with van der Waals surface area (Å²) in [6.07, 6.45) is 2.60. The second-order valence-electron chi connectivity index (χ2n) is 4.56. The van der Waals surface area contributed by atoms with Gasteiger partial charge in [0.1, 0.15) is 0 Å². The summed E-state index contributed by atoms with van der Waals surface area (Å²) in [4.78, 5) is 0. The highest BCUT2D eigenvalue weighted by molar-refractivity contribution is 9.10. The Hall–Kier alpha value is -0.420. The lowest BCUT2D eigenvalue weighted by atomic mass is 9.78. The molecule has 102 valence electrons. The Morgan fingerprint density at radius 3 is 2.50 bits per heavy atom. The summed E-state index contributed by atoms with van der Waals surface area (Å²) in [5.41, 5.74) is 0.414. The monoisotopic (exact) mass is 316 g/mol. The third-order valence-corrected chi connectivity index (χ3v) is 3.79. The molecule has 0 radical (unpaired) electrons. The number of halogens is 1. The lowest BCUT2D eigenvalue weighted by Gasteiger charge is -2.30. The van der Waals surface area contributed by atoms with Crippen LogP contribution in [0.15, 0.2) is 28.7 Å².